The minimum Gasteiger partial charge on any atom is -0.331 e. The van der Waals surface area contributed by atoms with E-state index in [0.717, 1.165) is 5.56 Å². The van der Waals surface area contributed by atoms with Gasteiger partial charge in [0.1, 0.15) is 12.1 Å². The van der Waals surface area contributed by atoms with Crippen molar-refractivity contribution < 1.29 is 9.18 Å². The van der Waals surface area contributed by atoms with E-state index < -0.39 is 0 Å². The molecule has 0 unspecified atom stereocenters. The maximum atomic E-state index is 13.2. The van der Waals surface area contributed by atoms with Gasteiger partial charge in [-0.3, -0.25) is 0 Å². The third-order valence-electron chi connectivity index (χ3n) is 3.83. The van der Waals surface area contributed by atoms with Gasteiger partial charge < -0.3 is 15.2 Å². The van der Waals surface area contributed by atoms with Gasteiger partial charge in [0, 0.05) is 7.05 Å². The molecule has 2 atom stereocenters. The summed E-state index contributed by atoms with van der Waals surface area (Å²) in [7, 11) is 1.82. The highest BCUT2D eigenvalue weighted by molar-refractivity contribution is 5.75. The third kappa shape index (κ3) is 4.31. The van der Waals surface area contributed by atoms with Crippen LogP contribution in [0.25, 0.3) is 0 Å². The van der Waals surface area contributed by atoms with Gasteiger partial charge in [-0.25, -0.2) is 9.18 Å². The highest BCUT2D eigenvalue weighted by Crippen LogP contribution is 2.32. The smallest absolute Gasteiger partial charge is 0.315 e. The normalized spacial score (nSPS) is 14.1. The second-order valence-corrected chi connectivity index (χ2v) is 6.99. The highest BCUT2D eigenvalue weighted by atomic mass is 19.1. The zero-order valence-electron chi connectivity index (χ0n) is 14.7. The molecule has 0 fully saturated rings. The van der Waals surface area contributed by atoms with E-state index in [1.165, 1.54) is 12.1 Å². The molecule has 7 heteroatoms. The molecule has 2 rings (SSSR count). The average Bonchev–Trinajstić information content (AvgIpc) is 2.91. The first kappa shape index (κ1) is 17.9. The molecule has 2 amide bonds. The number of nitrogens with zero attached hydrogens (tertiary/aromatic N) is 3. The van der Waals surface area contributed by atoms with Crippen molar-refractivity contribution in [2.24, 2.45) is 12.5 Å². The Labute approximate surface area is 141 Å². The van der Waals surface area contributed by atoms with E-state index in [1.54, 1.807) is 23.0 Å². The second-order valence-electron chi connectivity index (χ2n) is 6.99. The van der Waals surface area contributed by atoms with Gasteiger partial charge in [0.2, 0.25) is 0 Å². The molecule has 0 aliphatic rings. The van der Waals surface area contributed by atoms with Crippen LogP contribution in [0.4, 0.5) is 9.18 Å². The number of aromatic nitrogens is 3. The standard InChI is InChI=1S/C17H24FN5O/c1-11(15-22-19-10-23(15)5)20-16(24)21-14(17(2,3)4)12-6-8-13(18)9-7-12/h6-11,14H,1-5H3,(H2,20,21,24)/t11-,14+/m1/s1. The van der Waals surface area contributed by atoms with E-state index in [9.17, 15) is 9.18 Å². The zero-order chi connectivity index (χ0) is 17.9. The van der Waals surface area contributed by atoms with E-state index in [2.05, 4.69) is 20.8 Å². The Morgan fingerprint density at radius 3 is 2.33 bits per heavy atom. The summed E-state index contributed by atoms with van der Waals surface area (Å²) in [5.74, 6) is 0.367. The number of carbonyl (C=O) groups is 1. The van der Waals surface area contributed by atoms with Crippen LogP contribution in [0, 0.1) is 11.2 Å². The van der Waals surface area contributed by atoms with Crippen LogP contribution in [0.5, 0.6) is 0 Å². The molecule has 24 heavy (non-hydrogen) atoms. The van der Waals surface area contributed by atoms with Gasteiger partial charge in [0.05, 0.1) is 12.1 Å². The van der Waals surface area contributed by atoms with Crippen molar-refractivity contribution >= 4 is 6.03 Å². The first-order valence-electron chi connectivity index (χ1n) is 7.85. The van der Waals surface area contributed by atoms with Crippen LogP contribution in [-0.2, 0) is 7.05 Å². The Hall–Kier alpha value is -2.44. The number of rotatable bonds is 4. The molecule has 1 aromatic heterocycles. The Balaban J connectivity index is 2.10. The number of nitrogens with one attached hydrogen (secondary N) is 2. The molecule has 0 aliphatic heterocycles. The quantitative estimate of drug-likeness (QED) is 0.903. The lowest BCUT2D eigenvalue weighted by molar-refractivity contribution is 0.215. The second kappa shape index (κ2) is 6.98. The van der Waals surface area contributed by atoms with Gasteiger partial charge in [-0.1, -0.05) is 32.9 Å². The Bertz CT molecular complexity index is 690. The van der Waals surface area contributed by atoms with Gasteiger partial charge in [0.25, 0.3) is 0 Å². The molecular weight excluding hydrogens is 309 g/mol. The molecule has 6 nitrogen and oxygen atoms in total. The monoisotopic (exact) mass is 333 g/mol. The lowest BCUT2D eigenvalue weighted by atomic mass is 9.82. The van der Waals surface area contributed by atoms with E-state index in [1.807, 2.05) is 34.7 Å². The van der Waals surface area contributed by atoms with Crippen LogP contribution in [0.15, 0.2) is 30.6 Å². The Kier molecular flexibility index (Phi) is 5.21. The molecule has 0 saturated heterocycles. The van der Waals surface area contributed by atoms with Crippen LogP contribution in [-0.4, -0.2) is 20.8 Å². The molecule has 1 aromatic carbocycles. The first-order chi connectivity index (χ1) is 11.2. The number of aryl methyl sites for hydroxylation is 1. The third-order valence-corrected chi connectivity index (χ3v) is 3.83. The summed E-state index contributed by atoms with van der Waals surface area (Å²) in [5.41, 5.74) is 0.619. The first-order valence-corrected chi connectivity index (χ1v) is 7.85. The van der Waals surface area contributed by atoms with Crippen molar-refractivity contribution in [1.82, 2.24) is 25.4 Å². The summed E-state index contributed by atoms with van der Waals surface area (Å²) in [6.07, 6.45) is 1.59. The molecular formula is C17H24FN5O. The van der Waals surface area contributed by atoms with Crippen molar-refractivity contribution in [2.75, 3.05) is 0 Å². The van der Waals surface area contributed by atoms with Gasteiger partial charge >= 0.3 is 6.03 Å². The SMILES string of the molecule is C[C@@H](NC(=O)N[C@@H](c1ccc(F)cc1)C(C)(C)C)c1nncn1C. The predicted molar refractivity (Wildman–Crippen MR) is 89.7 cm³/mol. The van der Waals surface area contributed by atoms with Gasteiger partial charge in [0.15, 0.2) is 5.82 Å². The topological polar surface area (TPSA) is 71.8 Å². The fourth-order valence-corrected chi connectivity index (χ4v) is 2.57. The molecule has 0 saturated carbocycles. The summed E-state index contributed by atoms with van der Waals surface area (Å²) >= 11 is 0. The molecule has 2 N–H and O–H groups in total. The van der Waals surface area contributed by atoms with Crippen molar-refractivity contribution in [3.8, 4) is 0 Å². The lowest BCUT2D eigenvalue weighted by Gasteiger charge is -2.32. The summed E-state index contributed by atoms with van der Waals surface area (Å²) in [5, 5.41) is 13.6. The number of halogens is 1. The number of hydrogen-bond donors (Lipinski definition) is 2. The maximum Gasteiger partial charge on any atom is 0.315 e. The van der Waals surface area contributed by atoms with E-state index in [0.29, 0.717) is 5.82 Å². The number of benzene rings is 1. The summed E-state index contributed by atoms with van der Waals surface area (Å²) in [4.78, 5) is 12.4. The van der Waals surface area contributed by atoms with Crippen molar-refractivity contribution in [3.63, 3.8) is 0 Å². The van der Waals surface area contributed by atoms with Crippen LogP contribution in [0.3, 0.4) is 0 Å². The number of amides is 2. The van der Waals surface area contributed by atoms with Crippen molar-refractivity contribution in [2.45, 2.75) is 39.8 Å². The minimum atomic E-state index is -0.310. The molecule has 0 radical (unpaired) electrons. The van der Waals surface area contributed by atoms with Crippen molar-refractivity contribution in [1.29, 1.82) is 0 Å². The molecule has 1 heterocycles. The molecule has 2 aromatic rings. The van der Waals surface area contributed by atoms with E-state index in [-0.39, 0.29) is 29.3 Å². The number of carbonyl (C=O) groups excluding carboxylic acids is 1. The minimum absolute atomic E-state index is 0.233. The Morgan fingerprint density at radius 2 is 1.83 bits per heavy atom. The fourth-order valence-electron chi connectivity index (χ4n) is 2.57. The summed E-state index contributed by atoms with van der Waals surface area (Å²) < 4.78 is 14.9. The van der Waals surface area contributed by atoms with Gasteiger partial charge in [-0.15, -0.1) is 10.2 Å². The van der Waals surface area contributed by atoms with Crippen LogP contribution in [0.1, 0.15) is 51.2 Å². The molecule has 130 valence electrons. The maximum absolute atomic E-state index is 13.2. The fraction of sp³-hybridized carbons (Fsp3) is 0.471. The molecule has 0 bridgehead atoms. The van der Waals surface area contributed by atoms with Gasteiger partial charge in [-0.2, -0.15) is 0 Å². The van der Waals surface area contributed by atoms with E-state index in [4.69, 9.17) is 0 Å². The van der Waals surface area contributed by atoms with Crippen LogP contribution in [0.2, 0.25) is 0 Å². The number of hydrogen-bond acceptors (Lipinski definition) is 3. The predicted octanol–water partition coefficient (Wildman–Crippen LogP) is 3.10. The average molecular weight is 333 g/mol. The molecule has 0 aliphatic carbocycles. The van der Waals surface area contributed by atoms with E-state index >= 15 is 0 Å². The summed E-state index contributed by atoms with van der Waals surface area (Å²) in [6.45, 7) is 7.90. The summed E-state index contributed by atoms with van der Waals surface area (Å²) in [6, 6.07) is 5.33. The van der Waals surface area contributed by atoms with Crippen molar-refractivity contribution in [3.05, 3.63) is 47.8 Å². The lowest BCUT2D eigenvalue weighted by Crippen LogP contribution is -2.43. The largest absolute Gasteiger partial charge is 0.331 e. The zero-order valence-corrected chi connectivity index (χ0v) is 14.7. The molecule has 0 spiro atoms. The van der Waals surface area contributed by atoms with Crippen LogP contribution >= 0.6 is 0 Å². The highest BCUT2D eigenvalue weighted by Gasteiger charge is 2.28. The van der Waals surface area contributed by atoms with Crippen LogP contribution < -0.4 is 10.6 Å². The van der Waals surface area contributed by atoms with Gasteiger partial charge in [-0.05, 0) is 30.0 Å². The Morgan fingerprint density at radius 1 is 1.21 bits per heavy atom. The number of urea groups is 1.